The summed E-state index contributed by atoms with van der Waals surface area (Å²) in [5.41, 5.74) is 35.9. The number of hydrogen-bond acceptors (Lipinski definition) is 2. The van der Waals surface area contributed by atoms with Gasteiger partial charge in [0.1, 0.15) is 22.3 Å². The summed E-state index contributed by atoms with van der Waals surface area (Å²) in [4.78, 5) is 0. The maximum Gasteiger partial charge on any atom is 0.135 e. The van der Waals surface area contributed by atoms with Gasteiger partial charge < -0.3 is 37.0 Å². The van der Waals surface area contributed by atoms with Gasteiger partial charge in [0.05, 0.1) is 44.1 Å². The molecule has 1 aliphatic carbocycles. The molecular weight excluding hydrogens is 1860 g/mol. The minimum atomic E-state index is -0.0294. The Morgan fingerprint density at radius 1 is 0.207 bits per heavy atom. The number of rotatable bonds is 23. The molecule has 0 unspecified atom stereocenters. The van der Waals surface area contributed by atoms with Crippen molar-refractivity contribution in [2.75, 3.05) is 0 Å². The Hall–Kier alpha value is -13.4. The molecule has 24 aromatic rings. The number of furan rings is 2. The molecule has 0 saturated carbocycles. The van der Waals surface area contributed by atoms with Crippen molar-refractivity contribution in [3.05, 3.63) is 407 Å². The fourth-order valence-corrected chi connectivity index (χ4v) is 23.3. The van der Waals surface area contributed by atoms with Crippen LogP contribution in [0, 0.1) is 0 Å². The van der Waals surface area contributed by atoms with Crippen molar-refractivity contribution in [1.82, 2.24) is 18.3 Å². The minimum absolute atomic E-state index is 0. The van der Waals surface area contributed by atoms with E-state index in [2.05, 4.69) is 444 Å². The Bertz CT molecular complexity index is 8690. The lowest BCUT2D eigenvalue weighted by Crippen LogP contribution is -2.25. The SMILES string of the molecule is Brc1ccc(-n2c3ccc(Br)cc3c3cc(-c4ccc5c(c4)c4cc(Br)ccc4n5-c4ccc5oc6ccccc6c5c4)ccc32)cc1.CCCCCCCCC1(CCCCCCCC)c2cc(-c3ccccc3)ccc2-c2ccc(-c3ccc(-n4c5ccc(-c6ccccc6)cc5c5cc(-c6ccc7c(c6)c6ccccc6n7-c6ccc7oc8ccccc8c7c6)ccc54)cc3)cc21.[PH-2]. The maximum atomic E-state index is 6.26. The van der Waals surface area contributed by atoms with Crippen molar-refractivity contribution in [2.45, 2.75) is 109 Å². The smallest absolute Gasteiger partial charge is 0.135 e. The molecule has 0 saturated heterocycles. The monoisotopic (exact) mass is 1950 g/mol. The fraction of sp³-hybridized carbons (Fsp3) is 0.136. The third-order valence-corrected chi connectivity index (χ3v) is 30.3. The summed E-state index contributed by atoms with van der Waals surface area (Å²) in [6.45, 7) is 4.65. The second-order valence-electron chi connectivity index (χ2n) is 36.8. The molecule has 658 valence electrons. The zero-order valence-electron chi connectivity index (χ0n) is 75.5. The molecule has 0 atom stereocenters. The van der Waals surface area contributed by atoms with E-state index in [4.69, 9.17) is 8.83 Å². The van der Waals surface area contributed by atoms with Gasteiger partial charge in [0.15, 0.2) is 0 Å². The molecule has 0 bridgehead atoms. The van der Waals surface area contributed by atoms with Crippen LogP contribution in [0.1, 0.15) is 115 Å². The van der Waals surface area contributed by atoms with Gasteiger partial charge in [-0.3, -0.25) is 0 Å². The second-order valence-corrected chi connectivity index (χ2v) is 39.5. The number of para-hydroxylation sites is 3. The van der Waals surface area contributed by atoms with Crippen LogP contribution < -0.4 is 0 Å². The highest BCUT2D eigenvalue weighted by atomic mass is 79.9. The van der Waals surface area contributed by atoms with E-state index in [1.165, 1.54) is 233 Å². The molecule has 6 nitrogen and oxygen atoms in total. The molecule has 0 fully saturated rings. The number of hydrogen-bond donors (Lipinski definition) is 0. The van der Waals surface area contributed by atoms with Gasteiger partial charge in [0.2, 0.25) is 0 Å². The highest BCUT2D eigenvalue weighted by molar-refractivity contribution is 9.11. The fourth-order valence-electron chi connectivity index (χ4n) is 22.3. The van der Waals surface area contributed by atoms with Crippen molar-refractivity contribution >= 4 is 189 Å². The molecule has 0 N–H and O–H groups in total. The molecule has 10 heteroatoms. The van der Waals surface area contributed by atoms with Gasteiger partial charge in [0, 0.05) is 106 Å². The second kappa shape index (κ2) is 36.1. The predicted octanol–water partition coefficient (Wildman–Crippen LogP) is 38.5. The summed E-state index contributed by atoms with van der Waals surface area (Å²) < 4.78 is 25.2. The normalized spacial score (nSPS) is 12.5. The first-order valence-corrected chi connectivity index (χ1v) is 50.1. The lowest BCUT2D eigenvalue weighted by molar-refractivity contribution is 0.398. The molecule has 0 aliphatic heterocycles. The van der Waals surface area contributed by atoms with Crippen LogP contribution in [0.2, 0.25) is 0 Å². The van der Waals surface area contributed by atoms with Crippen molar-refractivity contribution in [2.24, 2.45) is 0 Å². The molecule has 6 aromatic heterocycles. The van der Waals surface area contributed by atoms with Gasteiger partial charge in [-0.15, -0.1) is 0 Å². The largest absolute Gasteiger partial charge is 1.51 e. The standard InChI is InChI=1S/C83H74N2O.C42H23Br3N2O.HP/c1-3-5-7-9-11-23-49-83(50-24-12-10-8-6-4-2)75-54-63(58-27-17-14-18-28-58)35-43-67(75)68-44-36-64(55-76(68)83)59-33-40-65(41-34-59)84-79-45-37-60(57-25-15-13-16-26-57)51-72(79)73-53-62(39-47-80(73)84)61-38-46-78-71(52-61)69-29-19-21-31-77(69)85(78)66-42-48-82-74(56-66)70-30-20-22-32-81(70)86-82;43-26-7-11-29(12-8-26)46-37-14-5-24(19-32(37)34-21-27(44)9-16-39(34)46)25-6-15-38-33(20-25)35-22-28(45)10-17-40(35)47(38)30-13-18-42-36(23-30)31-3-1-2-4-41(31)48-42;/h13-22,25-48,51-56H,3-12,23-24,49-50H2,1-2H3;1-23H;1H/q;;-2. The van der Waals surface area contributed by atoms with Crippen molar-refractivity contribution in [3.8, 4) is 89.5 Å². The van der Waals surface area contributed by atoms with Crippen LogP contribution in [-0.4, -0.2) is 18.3 Å². The van der Waals surface area contributed by atoms with E-state index >= 15 is 0 Å². The topological polar surface area (TPSA) is 46.0 Å². The Morgan fingerprint density at radius 3 is 0.911 bits per heavy atom. The summed E-state index contributed by atoms with van der Waals surface area (Å²) in [7, 11) is 0. The van der Waals surface area contributed by atoms with E-state index in [0.717, 1.165) is 91.1 Å². The van der Waals surface area contributed by atoms with E-state index in [1.54, 1.807) is 11.1 Å². The number of fused-ring (bicyclic) bond motifs is 21. The molecule has 0 radical (unpaired) electrons. The van der Waals surface area contributed by atoms with E-state index in [9.17, 15) is 0 Å². The third-order valence-electron chi connectivity index (χ3n) is 28.8. The Balaban J connectivity index is 0.000000176. The van der Waals surface area contributed by atoms with E-state index in [-0.39, 0.29) is 15.3 Å². The van der Waals surface area contributed by atoms with Crippen LogP contribution in [0.4, 0.5) is 0 Å². The minimum Gasteiger partial charge on any atom is -1.51 e. The zero-order valence-corrected chi connectivity index (χ0v) is 81.3. The molecule has 0 amide bonds. The number of halogens is 3. The van der Waals surface area contributed by atoms with Crippen LogP contribution in [0.3, 0.4) is 0 Å². The number of nitrogens with zero attached hydrogens (tertiary/aromatic N) is 4. The highest BCUT2D eigenvalue weighted by Gasteiger charge is 2.43. The molecule has 135 heavy (non-hydrogen) atoms. The number of aromatic nitrogens is 4. The maximum absolute atomic E-state index is 6.26. The summed E-state index contributed by atoms with van der Waals surface area (Å²) in [6.07, 6.45) is 18.0. The quantitative estimate of drug-likeness (QED) is 0.0473. The number of unbranched alkanes of at least 4 members (excludes halogenated alkanes) is 10. The zero-order chi connectivity index (χ0) is 89.7. The summed E-state index contributed by atoms with van der Waals surface area (Å²) >= 11 is 11.1. The molecule has 1 aliphatic rings. The van der Waals surface area contributed by atoms with Gasteiger partial charge in [-0.05, 0) is 291 Å². The van der Waals surface area contributed by atoms with Crippen LogP contribution in [0.15, 0.2) is 404 Å². The van der Waals surface area contributed by atoms with Gasteiger partial charge >= 0.3 is 0 Å². The van der Waals surface area contributed by atoms with E-state index < -0.39 is 0 Å². The third kappa shape index (κ3) is 15.3. The summed E-state index contributed by atoms with van der Waals surface area (Å²) in [5.74, 6) is 0. The van der Waals surface area contributed by atoms with Gasteiger partial charge in [-0.1, -0.05) is 321 Å². The predicted molar refractivity (Wildman–Crippen MR) is 586 cm³/mol. The molecule has 0 spiro atoms. The van der Waals surface area contributed by atoms with Crippen molar-refractivity contribution in [1.29, 1.82) is 0 Å². The van der Waals surface area contributed by atoms with E-state index in [1.807, 2.05) is 18.2 Å². The lowest BCUT2D eigenvalue weighted by Gasteiger charge is -2.33. The van der Waals surface area contributed by atoms with Crippen LogP contribution in [0.5, 0.6) is 0 Å². The summed E-state index contributed by atoms with van der Waals surface area (Å²) in [5, 5.41) is 14.3. The average Bonchev–Trinajstić information content (AvgIpc) is 1.57. The highest BCUT2D eigenvalue weighted by Crippen LogP contribution is 2.57. The van der Waals surface area contributed by atoms with Crippen LogP contribution in [0.25, 0.3) is 221 Å². The first kappa shape index (κ1) is 85.8. The van der Waals surface area contributed by atoms with Crippen LogP contribution in [-0.2, 0) is 5.41 Å². The average molecular weight is 1960 g/mol. The first-order chi connectivity index (χ1) is 66.0. The van der Waals surface area contributed by atoms with Crippen molar-refractivity contribution in [3.63, 3.8) is 0 Å². The molecule has 18 aromatic carbocycles. The van der Waals surface area contributed by atoms with Crippen LogP contribution >= 0.6 is 57.7 Å². The molecule has 6 heterocycles. The Kier molecular flexibility index (Phi) is 23.0. The summed E-state index contributed by atoms with van der Waals surface area (Å²) in [6, 6.07) is 141. The Labute approximate surface area is 814 Å². The first-order valence-electron chi connectivity index (χ1n) is 47.8. The van der Waals surface area contributed by atoms with Gasteiger partial charge in [-0.2, -0.15) is 0 Å². The lowest BCUT2D eigenvalue weighted by atomic mass is 9.70. The van der Waals surface area contributed by atoms with Crippen molar-refractivity contribution < 1.29 is 8.83 Å². The van der Waals surface area contributed by atoms with E-state index in [0.29, 0.717) is 0 Å². The van der Waals surface area contributed by atoms with Gasteiger partial charge in [0.25, 0.3) is 0 Å². The number of benzene rings is 18. The van der Waals surface area contributed by atoms with Gasteiger partial charge in [-0.25, -0.2) is 0 Å². The Morgan fingerprint density at radius 2 is 0.489 bits per heavy atom. The molecular formula is C125H98Br3N4O2P-2. The molecule has 25 rings (SSSR count).